The first kappa shape index (κ1) is 18.2. The molecule has 0 heterocycles. The summed E-state index contributed by atoms with van der Waals surface area (Å²) in [5.41, 5.74) is 9.16. The van der Waals surface area contributed by atoms with Crippen molar-refractivity contribution in [1.29, 1.82) is 0 Å². The number of unbranched alkanes of at least 4 members (excludes halogenated alkanes) is 4. The maximum Gasteiger partial charge on any atom is 0.138 e. The van der Waals surface area contributed by atoms with Gasteiger partial charge >= 0.3 is 0 Å². The fraction of sp³-hybridized carbons (Fsp3) is 0.364. The highest BCUT2D eigenvalue weighted by atomic mass is 19.1. The van der Waals surface area contributed by atoms with E-state index in [1.165, 1.54) is 31.7 Å². The van der Waals surface area contributed by atoms with E-state index in [0.717, 1.165) is 29.5 Å². The van der Waals surface area contributed by atoms with Gasteiger partial charge in [0.05, 0.1) is 5.56 Å². The number of aryl methyl sites for hydroxylation is 1. The first-order valence-corrected chi connectivity index (χ1v) is 8.82. The lowest BCUT2D eigenvalue weighted by atomic mass is 10.0. The van der Waals surface area contributed by atoms with Crippen molar-refractivity contribution in [1.82, 2.24) is 0 Å². The van der Waals surface area contributed by atoms with E-state index in [-0.39, 0.29) is 5.82 Å². The van der Waals surface area contributed by atoms with Crippen LogP contribution >= 0.6 is 0 Å². The lowest BCUT2D eigenvalue weighted by Crippen LogP contribution is -1.95. The van der Waals surface area contributed by atoms with Crippen molar-refractivity contribution in [3.05, 3.63) is 70.5 Å². The van der Waals surface area contributed by atoms with Gasteiger partial charge in [0.2, 0.25) is 0 Å². The van der Waals surface area contributed by atoms with Crippen molar-refractivity contribution in [2.75, 3.05) is 0 Å². The predicted molar refractivity (Wildman–Crippen MR) is 99.2 cm³/mol. The summed E-state index contributed by atoms with van der Waals surface area (Å²) in [4.78, 5) is 0. The first-order valence-electron chi connectivity index (χ1n) is 8.82. The van der Waals surface area contributed by atoms with Crippen molar-refractivity contribution < 1.29 is 4.39 Å². The van der Waals surface area contributed by atoms with Crippen molar-refractivity contribution >= 4 is 0 Å². The van der Waals surface area contributed by atoms with Crippen LogP contribution in [0.1, 0.15) is 61.3 Å². The molecule has 0 aliphatic carbocycles. The zero-order valence-electron chi connectivity index (χ0n) is 14.4. The van der Waals surface area contributed by atoms with Crippen LogP contribution in [-0.2, 0) is 13.0 Å². The van der Waals surface area contributed by atoms with Crippen LogP contribution in [0.5, 0.6) is 0 Å². The second-order valence-electron chi connectivity index (χ2n) is 6.13. The molecule has 0 unspecified atom stereocenters. The number of benzene rings is 2. The minimum Gasteiger partial charge on any atom is -0.326 e. The fourth-order valence-electron chi connectivity index (χ4n) is 2.62. The quantitative estimate of drug-likeness (QED) is 0.550. The van der Waals surface area contributed by atoms with Crippen LogP contribution in [0.15, 0.2) is 42.5 Å². The molecule has 2 N–H and O–H groups in total. The zero-order chi connectivity index (χ0) is 17.2. The monoisotopic (exact) mass is 323 g/mol. The van der Waals surface area contributed by atoms with Gasteiger partial charge in [-0.3, -0.25) is 0 Å². The van der Waals surface area contributed by atoms with Gasteiger partial charge in [0, 0.05) is 12.1 Å². The zero-order valence-corrected chi connectivity index (χ0v) is 14.4. The summed E-state index contributed by atoms with van der Waals surface area (Å²) in [6.07, 6.45) is 7.21. The molecule has 0 aliphatic rings. The Balaban J connectivity index is 2.01. The number of hydrogen-bond donors (Lipinski definition) is 1. The lowest BCUT2D eigenvalue weighted by Gasteiger charge is -2.03. The molecule has 0 aromatic heterocycles. The molecule has 0 aliphatic heterocycles. The molecule has 0 spiro atoms. The Morgan fingerprint density at radius 1 is 0.875 bits per heavy atom. The molecule has 0 amide bonds. The van der Waals surface area contributed by atoms with Gasteiger partial charge in [-0.1, -0.05) is 62.6 Å². The average Bonchev–Trinajstić information content (AvgIpc) is 2.62. The standard InChI is InChI=1S/C22H26FN/c1-2-3-4-5-6-7-19-13-15-22(23)21(16-19)14-12-18-8-10-20(17-24)11-9-18/h8-11,13,15-16H,2-7,17,24H2,1H3. The Kier molecular flexibility index (Phi) is 7.52. The van der Waals surface area contributed by atoms with E-state index in [0.29, 0.717) is 12.1 Å². The summed E-state index contributed by atoms with van der Waals surface area (Å²) < 4.78 is 14.0. The summed E-state index contributed by atoms with van der Waals surface area (Å²) in [5, 5.41) is 0. The normalized spacial score (nSPS) is 10.3. The van der Waals surface area contributed by atoms with E-state index in [2.05, 4.69) is 18.8 Å². The Morgan fingerprint density at radius 3 is 2.29 bits per heavy atom. The van der Waals surface area contributed by atoms with E-state index in [9.17, 15) is 4.39 Å². The van der Waals surface area contributed by atoms with E-state index >= 15 is 0 Å². The van der Waals surface area contributed by atoms with Gasteiger partial charge in [-0.2, -0.15) is 0 Å². The van der Waals surface area contributed by atoms with Gasteiger partial charge in [0.15, 0.2) is 0 Å². The molecule has 24 heavy (non-hydrogen) atoms. The third kappa shape index (κ3) is 5.83. The molecule has 0 saturated heterocycles. The Bertz CT molecular complexity index is 692. The number of halogens is 1. The van der Waals surface area contributed by atoms with Gasteiger partial charge in [-0.05, 0) is 48.2 Å². The number of hydrogen-bond acceptors (Lipinski definition) is 1. The maximum atomic E-state index is 14.0. The number of nitrogens with two attached hydrogens (primary N) is 1. The Morgan fingerprint density at radius 2 is 1.58 bits per heavy atom. The summed E-state index contributed by atoms with van der Waals surface area (Å²) in [6, 6.07) is 13.0. The van der Waals surface area contributed by atoms with Crippen LogP contribution in [-0.4, -0.2) is 0 Å². The SMILES string of the molecule is CCCCCCCc1ccc(F)c(C#Cc2ccc(CN)cc2)c1. The molecule has 0 radical (unpaired) electrons. The van der Waals surface area contributed by atoms with Crippen LogP contribution in [0.25, 0.3) is 0 Å². The van der Waals surface area contributed by atoms with Gasteiger partial charge in [0.25, 0.3) is 0 Å². The molecule has 126 valence electrons. The third-order valence-electron chi connectivity index (χ3n) is 4.13. The topological polar surface area (TPSA) is 26.0 Å². The molecule has 0 fully saturated rings. The van der Waals surface area contributed by atoms with Crippen molar-refractivity contribution in [3.63, 3.8) is 0 Å². The largest absolute Gasteiger partial charge is 0.326 e. The summed E-state index contributed by atoms with van der Waals surface area (Å²) in [6.45, 7) is 2.73. The van der Waals surface area contributed by atoms with Crippen LogP contribution in [0.4, 0.5) is 4.39 Å². The highest BCUT2D eigenvalue weighted by Crippen LogP contribution is 2.14. The van der Waals surface area contributed by atoms with Gasteiger partial charge in [-0.15, -0.1) is 0 Å². The van der Waals surface area contributed by atoms with Gasteiger partial charge < -0.3 is 5.73 Å². The van der Waals surface area contributed by atoms with E-state index in [1.807, 2.05) is 36.4 Å². The molecule has 1 nitrogen and oxygen atoms in total. The lowest BCUT2D eigenvalue weighted by molar-refractivity contribution is 0.618. The highest BCUT2D eigenvalue weighted by molar-refractivity contribution is 5.45. The van der Waals surface area contributed by atoms with Crippen molar-refractivity contribution in [2.45, 2.75) is 52.0 Å². The molecular weight excluding hydrogens is 297 g/mol. The summed E-state index contributed by atoms with van der Waals surface area (Å²) in [5.74, 6) is 5.74. The highest BCUT2D eigenvalue weighted by Gasteiger charge is 2.02. The molecular formula is C22H26FN. The Hall–Kier alpha value is -2.11. The second kappa shape index (κ2) is 9.90. The maximum absolute atomic E-state index is 14.0. The van der Waals surface area contributed by atoms with E-state index < -0.39 is 0 Å². The van der Waals surface area contributed by atoms with E-state index in [1.54, 1.807) is 0 Å². The molecule has 2 rings (SSSR count). The first-order chi connectivity index (χ1) is 11.7. The summed E-state index contributed by atoms with van der Waals surface area (Å²) >= 11 is 0. The predicted octanol–water partition coefficient (Wildman–Crippen LogP) is 5.20. The molecule has 2 heteroatoms. The third-order valence-corrected chi connectivity index (χ3v) is 4.13. The van der Waals surface area contributed by atoms with Crippen molar-refractivity contribution in [3.8, 4) is 11.8 Å². The number of rotatable bonds is 7. The van der Waals surface area contributed by atoms with Gasteiger partial charge in [-0.25, -0.2) is 4.39 Å². The second-order valence-corrected chi connectivity index (χ2v) is 6.13. The smallest absolute Gasteiger partial charge is 0.138 e. The van der Waals surface area contributed by atoms with Crippen LogP contribution in [0, 0.1) is 17.7 Å². The van der Waals surface area contributed by atoms with Crippen molar-refractivity contribution in [2.24, 2.45) is 5.73 Å². The molecule has 0 bridgehead atoms. The van der Waals surface area contributed by atoms with Crippen LogP contribution < -0.4 is 5.73 Å². The minimum absolute atomic E-state index is 0.254. The molecule has 0 saturated carbocycles. The molecule has 0 atom stereocenters. The Labute approximate surface area is 145 Å². The van der Waals surface area contributed by atoms with Crippen LogP contribution in [0.2, 0.25) is 0 Å². The minimum atomic E-state index is -0.254. The fourth-order valence-corrected chi connectivity index (χ4v) is 2.62. The summed E-state index contributed by atoms with van der Waals surface area (Å²) in [7, 11) is 0. The molecule has 2 aromatic rings. The van der Waals surface area contributed by atoms with E-state index in [4.69, 9.17) is 5.73 Å². The van der Waals surface area contributed by atoms with Gasteiger partial charge in [0.1, 0.15) is 5.82 Å². The van der Waals surface area contributed by atoms with Crippen LogP contribution in [0.3, 0.4) is 0 Å². The molecule has 2 aromatic carbocycles. The average molecular weight is 323 g/mol.